The number of thiophene rings is 1. The molecule has 1 atom stereocenters. The van der Waals surface area contributed by atoms with Gasteiger partial charge in [-0.25, -0.2) is 0 Å². The Kier molecular flexibility index (Phi) is 2.11. The Balaban J connectivity index is 2.23. The first-order valence-electron chi connectivity index (χ1n) is 5.31. The quantitative estimate of drug-likeness (QED) is 0.809. The summed E-state index contributed by atoms with van der Waals surface area (Å²) in [6, 6.07) is 9.09. The molecular formula is C13H11NO2S. The predicted molar refractivity (Wildman–Crippen MR) is 67.1 cm³/mol. The molecule has 0 fully saturated rings. The van der Waals surface area contributed by atoms with E-state index >= 15 is 0 Å². The molecule has 17 heavy (non-hydrogen) atoms. The third-order valence-corrected chi connectivity index (χ3v) is 3.90. The van der Waals surface area contributed by atoms with Gasteiger partial charge < -0.3 is 10.4 Å². The van der Waals surface area contributed by atoms with Gasteiger partial charge in [-0.3, -0.25) is 4.79 Å². The van der Waals surface area contributed by atoms with Crippen molar-refractivity contribution in [3.8, 4) is 0 Å². The summed E-state index contributed by atoms with van der Waals surface area (Å²) >= 11 is 1.53. The van der Waals surface area contributed by atoms with Crippen molar-refractivity contribution >= 4 is 22.9 Å². The van der Waals surface area contributed by atoms with Gasteiger partial charge in [0.1, 0.15) is 0 Å². The van der Waals surface area contributed by atoms with E-state index in [1.54, 1.807) is 12.1 Å². The SMILES string of the molecule is Cc1cc(C2(O)C(=O)Nc3ccccc32)cs1. The number of fused-ring (bicyclic) bond motifs is 1. The highest BCUT2D eigenvalue weighted by Gasteiger charge is 2.46. The van der Waals surface area contributed by atoms with Gasteiger partial charge in [0.05, 0.1) is 0 Å². The van der Waals surface area contributed by atoms with Gasteiger partial charge in [0.2, 0.25) is 0 Å². The van der Waals surface area contributed by atoms with Crippen LogP contribution in [-0.2, 0) is 10.4 Å². The van der Waals surface area contributed by atoms with Crippen LogP contribution in [0.5, 0.6) is 0 Å². The average Bonchev–Trinajstić information content (AvgIpc) is 2.85. The fourth-order valence-electron chi connectivity index (χ4n) is 2.16. The lowest BCUT2D eigenvalue weighted by Crippen LogP contribution is -2.34. The number of hydrogen-bond donors (Lipinski definition) is 2. The first-order chi connectivity index (χ1) is 8.12. The van der Waals surface area contributed by atoms with Crippen molar-refractivity contribution in [1.82, 2.24) is 0 Å². The summed E-state index contributed by atoms with van der Waals surface area (Å²) in [6.07, 6.45) is 0. The summed E-state index contributed by atoms with van der Waals surface area (Å²) in [7, 11) is 0. The third kappa shape index (κ3) is 1.34. The van der Waals surface area contributed by atoms with Crippen LogP contribution in [0.3, 0.4) is 0 Å². The minimum atomic E-state index is -1.54. The average molecular weight is 245 g/mol. The molecule has 1 unspecified atom stereocenters. The van der Waals surface area contributed by atoms with E-state index in [2.05, 4.69) is 5.32 Å². The molecule has 2 heterocycles. The van der Waals surface area contributed by atoms with Crippen LogP contribution in [0.2, 0.25) is 0 Å². The molecular weight excluding hydrogens is 234 g/mol. The van der Waals surface area contributed by atoms with E-state index in [1.807, 2.05) is 30.5 Å². The Labute approximate surface area is 103 Å². The first kappa shape index (κ1) is 10.5. The number of aryl methyl sites for hydroxylation is 1. The molecule has 0 saturated carbocycles. The summed E-state index contributed by atoms with van der Waals surface area (Å²) in [5, 5.41) is 15.2. The second-order valence-corrected chi connectivity index (χ2v) is 5.27. The van der Waals surface area contributed by atoms with Crippen molar-refractivity contribution < 1.29 is 9.90 Å². The second kappa shape index (κ2) is 3.42. The van der Waals surface area contributed by atoms with Crippen molar-refractivity contribution in [3.63, 3.8) is 0 Å². The molecule has 2 aromatic rings. The van der Waals surface area contributed by atoms with Crippen LogP contribution in [0.1, 0.15) is 16.0 Å². The van der Waals surface area contributed by atoms with Crippen molar-refractivity contribution in [2.75, 3.05) is 5.32 Å². The van der Waals surface area contributed by atoms with Gasteiger partial charge in [-0.2, -0.15) is 0 Å². The molecule has 3 nitrogen and oxygen atoms in total. The third-order valence-electron chi connectivity index (χ3n) is 3.04. The van der Waals surface area contributed by atoms with Gasteiger partial charge in [0, 0.05) is 21.7 Å². The standard InChI is InChI=1S/C13H11NO2S/c1-8-6-9(7-17-8)13(16)10-4-2-3-5-11(10)14-12(13)15/h2-7,16H,1H3,(H,14,15). The molecule has 2 N–H and O–H groups in total. The maximum atomic E-state index is 12.0. The molecule has 1 aromatic heterocycles. The molecule has 1 aliphatic rings. The molecule has 1 aromatic carbocycles. The lowest BCUT2D eigenvalue weighted by Gasteiger charge is -2.19. The van der Waals surface area contributed by atoms with Crippen molar-refractivity contribution in [2.24, 2.45) is 0 Å². The Hall–Kier alpha value is -1.65. The minimum absolute atomic E-state index is 0.378. The fourth-order valence-corrected chi connectivity index (χ4v) is 2.91. The van der Waals surface area contributed by atoms with E-state index in [0.29, 0.717) is 16.8 Å². The Morgan fingerprint density at radius 2 is 2.12 bits per heavy atom. The second-order valence-electron chi connectivity index (χ2n) is 4.16. The van der Waals surface area contributed by atoms with Crippen LogP contribution < -0.4 is 5.32 Å². The highest BCUT2D eigenvalue weighted by Crippen LogP contribution is 2.41. The lowest BCUT2D eigenvalue weighted by molar-refractivity contribution is -0.129. The lowest BCUT2D eigenvalue weighted by atomic mass is 9.89. The number of rotatable bonds is 1. The Morgan fingerprint density at radius 3 is 2.82 bits per heavy atom. The maximum Gasteiger partial charge on any atom is 0.265 e. The van der Waals surface area contributed by atoms with Crippen molar-refractivity contribution in [1.29, 1.82) is 0 Å². The topological polar surface area (TPSA) is 49.3 Å². The largest absolute Gasteiger partial charge is 0.372 e. The van der Waals surface area contributed by atoms with E-state index in [1.165, 1.54) is 11.3 Å². The first-order valence-corrected chi connectivity index (χ1v) is 6.19. The van der Waals surface area contributed by atoms with Crippen LogP contribution in [0.4, 0.5) is 5.69 Å². The van der Waals surface area contributed by atoms with Crippen molar-refractivity contribution in [3.05, 3.63) is 51.7 Å². The number of benzene rings is 1. The van der Waals surface area contributed by atoms with E-state index in [4.69, 9.17) is 0 Å². The summed E-state index contributed by atoms with van der Waals surface area (Å²) in [5.41, 5.74) is 0.413. The van der Waals surface area contributed by atoms with Crippen LogP contribution in [-0.4, -0.2) is 11.0 Å². The summed E-state index contributed by atoms with van der Waals surface area (Å²) in [5.74, 6) is -0.378. The summed E-state index contributed by atoms with van der Waals surface area (Å²) in [6.45, 7) is 1.95. The van der Waals surface area contributed by atoms with Gasteiger partial charge in [-0.15, -0.1) is 11.3 Å². The molecule has 3 rings (SSSR count). The highest BCUT2D eigenvalue weighted by molar-refractivity contribution is 7.10. The fraction of sp³-hybridized carbons (Fsp3) is 0.154. The van der Waals surface area contributed by atoms with Gasteiger partial charge >= 0.3 is 0 Å². The number of para-hydroxylation sites is 1. The molecule has 1 aliphatic heterocycles. The van der Waals surface area contributed by atoms with Crippen LogP contribution in [0.25, 0.3) is 0 Å². The van der Waals surface area contributed by atoms with Crippen LogP contribution in [0, 0.1) is 6.92 Å². The number of amides is 1. The van der Waals surface area contributed by atoms with E-state index < -0.39 is 5.60 Å². The number of anilines is 1. The molecule has 4 heteroatoms. The van der Waals surface area contributed by atoms with Gasteiger partial charge in [-0.05, 0) is 24.4 Å². The Bertz CT molecular complexity index is 605. The predicted octanol–water partition coefficient (Wildman–Crippen LogP) is 2.24. The van der Waals surface area contributed by atoms with Gasteiger partial charge in [0.15, 0.2) is 5.60 Å². The molecule has 0 aliphatic carbocycles. The minimum Gasteiger partial charge on any atom is -0.372 e. The van der Waals surface area contributed by atoms with Crippen LogP contribution in [0.15, 0.2) is 35.7 Å². The van der Waals surface area contributed by atoms with Crippen molar-refractivity contribution in [2.45, 2.75) is 12.5 Å². The zero-order valence-electron chi connectivity index (χ0n) is 9.23. The zero-order valence-corrected chi connectivity index (χ0v) is 10.0. The van der Waals surface area contributed by atoms with E-state index in [0.717, 1.165) is 4.88 Å². The van der Waals surface area contributed by atoms with Gasteiger partial charge in [0.25, 0.3) is 5.91 Å². The normalized spacial score (nSPS) is 22.4. The highest BCUT2D eigenvalue weighted by atomic mass is 32.1. The maximum absolute atomic E-state index is 12.0. The molecule has 0 spiro atoms. The van der Waals surface area contributed by atoms with Crippen LogP contribution >= 0.6 is 11.3 Å². The van der Waals surface area contributed by atoms with E-state index in [9.17, 15) is 9.90 Å². The number of carbonyl (C=O) groups excluding carboxylic acids is 1. The molecule has 86 valence electrons. The number of hydrogen-bond acceptors (Lipinski definition) is 3. The molecule has 0 radical (unpaired) electrons. The Morgan fingerprint density at radius 1 is 1.35 bits per heavy atom. The van der Waals surface area contributed by atoms with E-state index in [-0.39, 0.29) is 5.91 Å². The number of nitrogens with one attached hydrogen (secondary N) is 1. The summed E-state index contributed by atoms with van der Waals surface area (Å²) in [4.78, 5) is 13.1. The number of carbonyl (C=O) groups is 1. The summed E-state index contributed by atoms with van der Waals surface area (Å²) < 4.78 is 0. The number of aliphatic hydroxyl groups is 1. The molecule has 0 bridgehead atoms. The molecule has 0 saturated heterocycles. The monoisotopic (exact) mass is 245 g/mol. The van der Waals surface area contributed by atoms with Gasteiger partial charge in [-0.1, -0.05) is 18.2 Å². The molecule has 1 amide bonds. The smallest absolute Gasteiger partial charge is 0.265 e. The zero-order chi connectivity index (χ0) is 12.0.